The van der Waals surface area contributed by atoms with Gasteiger partial charge < -0.3 is 15.4 Å². The van der Waals surface area contributed by atoms with Gasteiger partial charge >= 0.3 is 0 Å². The highest BCUT2D eigenvalue weighted by Gasteiger charge is 2.32. The number of hydrogen-bond acceptors (Lipinski definition) is 4. The molecule has 0 heterocycles. The number of halogens is 1. The molecule has 0 unspecified atom stereocenters. The van der Waals surface area contributed by atoms with Crippen LogP contribution >= 0.6 is 11.6 Å². The highest BCUT2D eigenvalue weighted by atomic mass is 35.5. The molecule has 0 bridgehead atoms. The SMILES string of the molecule is COc1ccc(Cl)cc1C(=O)N[C@@H]1CCCC[C@H]1C(=O)NCC#N. The van der Waals surface area contributed by atoms with Gasteiger partial charge in [0, 0.05) is 11.1 Å². The summed E-state index contributed by atoms with van der Waals surface area (Å²) in [6.45, 7) is -0.0296. The highest BCUT2D eigenvalue weighted by Crippen LogP contribution is 2.27. The standard InChI is InChI=1S/C17H20ClN3O3/c1-24-15-7-6-11(18)10-13(15)17(23)21-14-5-3-2-4-12(14)16(22)20-9-8-19/h6-7,10,12,14H,2-5,9H2,1H3,(H,20,22)(H,21,23)/t12-,14-/m1/s1. The lowest BCUT2D eigenvalue weighted by molar-refractivity contribution is -0.126. The summed E-state index contributed by atoms with van der Waals surface area (Å²) < 4.78 is 5.20. The summed E-state index contributed by atoms with van der Waals surface area (Å²) in [6, 6.07) is 6.45. The first-order chi connectivity index (χ1) is 11.6. The summed E-state index contributed by atoms with van der Waals surface area (Å²) in [5.41, 5.74) is 0.340. The number of carbonyl (C=O) groups is 2. The monoisotopic (exact) mass is 349 g/mol. The van der Waals surface area contributed by atoms with Crippen LogP contribution in [0.5, 0.6) is 5.75 Å². The molecule has 1 aliphatic carbocycles. The van der Waals surface area contributed by atoms with Crippen LogP contribution in [0.3, 0.4) is 0 Å². The zero-order valence-corrected chi connectivity index (χ0v) is 14.2. The first kappa shape index (κ1) is 18.1. The van der Waals surface area contributed by atoms with E-state index in [0.717, 1.165) is 19.3 Å². The third kappa shape index (κ3) is 4.39. The van der Waals surface area contributed by atoms with Crippen molar-refractivity contribution in [1.82, 2.24) is 10.6 Å². The van der Waals surface area contributed by atoms with E-state index in [9.17, 15) is 9.59 Å². The van der Waals surface area contributed by atoms with Gasteiger partial charge in [0.15, 0.2) is 0 Å². The first-order valence-electron chi connectivity index (χ1n) is 7.86. The van der Waals surface area contributed by atoms with Crippen LogP contribution in [0.25, 0.3) is 0 Å². The van der Waals surface area contributed by atoms with E-state index in [1.54, 1.807) is 18.2 Å². The van der Waals surface area contributed by atoms with Gasteiger partial charge in [-0.2, -0.15) is 5.26 Å². The number of hydrogen-bond donors (Lipinski definition) is 2. The van der Waals surface area contributed by atoms with Crippen molar-refractivity contribution >= 4 is 23.4 Å². The molecule has 1 aromatic rings. The second-order valence-corrected chi connectivity index (χ2v) is 6.13. The van der Waals surface area contributed by atoms with Gasteiger partial charge in [-0.1, -0.05) is 24.4 Å². The van der Waals surface area contributed by atoms with E-state index in [1.165, 1.54) is 7.11 Å². The summed E-state index contributed by atoms with van der Waals surface area (Å²) in [6.07, 6.45) is 3.28. The Morgan fingerprint density at radius 2 is 2.12 bits per heavy atom. The number of nitrogens with zero attached hydrogens (tertiary/aromatic N) is 1. The van der Waals surface area contributed by atoms with Crippen LogP contribution in [0.1, 0.15) is 36.0 Å². The predicted molar refractivity (Wildman–Crippen MR) is 89.8 cm³/mol. The van der Waals surface area contributed by atoms with E-state index in [1.807, 2.05) is 6.07 Å². The molecule has 2 N–H and O–H groups in total. The van der Waals surface area contributed by atoms with Crippen LogP contribution in [0.4, 0.5) is 0 Å². The summed E-state index contributed by atoms with van der Waals surface area (Å²) in [7, 11) is 1.48. The molecule has 0 saturated heterocycles. The maximum atomic E-state index is 12.6. The molecule has 0 radical (unpaired) electrons. The molecule has 1 aromatic carbocycles. The molecular formula is C17H20ClN3O3. The zero-order valence-electron chi connectivity index (χ0n) is 13.5. The van der Waals surface area contributed by atoms with Crippen molar-refractivity contribution in [1.29, 1.82) is 5.26 Å². The lowest BCUT2D eigenvalue weighted by atomic mass is 9.83. The second kappa shape index (κ2) is 8.55. The van der Waals surface area contributed by atoms with E-state index >= 15 is 0 Å². The van der Waals surface area contributed by atoms with Crippen LogP contribution < -0.4 is 15.4 Å². The molecule has 2 rings (SSSR count). The van der Waals surface area contributed by atoms with E-state index in [-0.39, 0.29) is 30.3 Å². The Labute approximate surface area is 146 Å². The Bertz CT molecular complexity index is 657. The van der Waals surface area contributed by atoms with Gasteiger partial charge in [-0.05, 0) is 31.0 Å². The van der Waals surface area contributed by atoms with Crippen LogP contribution in [-0.4, -0.2) is 31.5 Å². The van der Waals surface area contributed by atoms with Crippen molar-refractivity contribution in [2.24, 2.45) is 5.92 Å². The number of carbonyl (C=O) groups excluding carboxylic acids is 2. The van der Waals surface area contributed by atoms with E-state index < -0.39 is 0 Å². The molecule has 0 spiro atoms. The Morgan fingerprint density at radius 1 is 1.38 bits per heavy atom. The summed E-state index contributed by atoms with van der Waals surface area (Å²) in [4.78, 5) is 24.8. The van der Waals surface area contributed by atoms with E-state index in [2.05, 4.69) is 10.6 Å². The molecule has 24 heavy (non-hydrogen) atoms. The number of benzene rings is 1. The van der Waals surface area contributed by atoms with Crippen molar-refractivity contribution < 1.29 is 14.3 Å². The minimum absolute atomic E-state index is 0.0296. The van der Waals surface area contributed by atoms with Gasteiger partial charge in [-0.3, -0.25) is 9.59 Å². The largest absolute Gasteiger partial charge is 0.496 e. The Balaban J connectivity index is 2.12. The molecule has 128 valence electrons. The van der Waals surface area contributed by atoms with E-state index in [0.29, 0.717) is 22.8 Å². The van der Waals surface area contributed by atoms with Crippen LogP contribution in [0.15, 0.2) is 18.2 Å². The second-order valence-electron chi connectivity index (χ2n) is 5.69. The quantitative estimate of drug-likeness (QED) is 0.798. The molecule has 0 aromatic heterocycles. The van der Waals surface area contributed by atoms with Gasteiger partial charge in [0.1, 0.15) is 12.3 Å². The van der Waals surface area contributed by atoms with Crippen molar-refractivity contribution in [2.45, 2.75) is 31.7 Å². The molecule has 1 fully saturated rings. The van der Waals surface area contributed by atoms with Crippen molar-refractivity contribution in [2.75, 3.05) is 13.7 Å². The third-order valence-electron chi connectivity index (χ3n) is 4.17. The smallest absolute Gasteiger partial charge is 0.255 e. The van der Waals surface area contributed by atoms with Gasteiger partial charge in [0.2, 0.25) is 5.91 Å². The van der Waals surface area contributed by atoms with Crippen LogP contribution in [0.2, 0.25) is 5.02 Å². The summed E-state index contributed by atoms with van der Waals surface area (Å²) in [5, 5.41) is 14.5. The number of nitrogens with one attached hydrogen (secondary N) is 2. The maximum absolute atomic E-state index is 12.6. The lowest BCUT2D eigenvalue weighted by Gasteiger charge is -2.31. The number of nitriles is 1. The van der Waals surface area contributed by atoms with Crippen LogP contribution in [-0.2, 0) is 4.79 Å². The fourth-order valence-corrected chi connectivity index (χ4v) is 3.15. The lowest BCUT2D eigenvalue weighted by Crippen LogP contribution is -2.48. The predicted octanol–water partition coefficient (Wildman–Crippen LogP) is 2.28. The number of amides is 2. The summed E-state index contributed by atoms with van der Waals surface area (Å²) in [5.74, 6) is -0.418. The molecule has 2 amide bonds. The fraction of sp³-hybridized carbons (Fsp3) is 0.471. The molecule has 1 aliphatic rings. The average molecular weight is 350 g/mol. The van der Waals surface area contributed by atoms with Gasteiger partial charge in [0.25, 0.3) is 5.91 Å². The topological polar surface area (TPSA) is 91.2 Å². The van der Waals surface area contributed by atoms with Crippen molar-refractivity contribution in [3.63, 3.8) is 0 Å². The maximum Gasteiger partial charge on any atom is 0.255 e. The Morgan fingerprint density at radius 3 is 2.83 bits per heavy atom. The molecule has 2 atom stereocenters. The highest BCUT2D eigenvalue weighted by molar-refractivity contribution is 6.31. The van der Waals surface area contributed by atoms with Crippen LogP contribution in [0, 0.1) is 17.2 Å². The van der Waals surface area contributed by atoms with Crippen molar-refractivity contribution in [3.05, 3.63) is 28.8 Å². The first-order valence-corrected chi connectivity index (χ1v) is 8.23. The van der Waals surface area contributed by atoms with Gasteiger partial charge in [-0.25, -0.2) is 0 Å². The minimum atomic E-state index is -0.332. The molecule has 0 aliphatic heterocycles. The Hall–Kier alpha value is -2.26. The molecule has 6 nitrogen and oxygen atoms in total. The summed E-state index contributed by atoms with van der Waals surface area (Å²) >= 11 is 5.97. The molecule has 7 heteroatoms. The Kier molecular flexibility index (Phi) is 6.44. The fourth-order valence-electron chi connectivity index (χ4n) is 2.98. The van der Waals surface area contributed by atoms with E-state index in [4.69, 9.17) is 21.6 Å². The third-order valence-corrected chi connectivity index (χ3v) is 4.40. The average Bonchev–Trinajstić information content (AvgIpc) is 2.60. The molecular weight excluding hydrogens is 330 g/mol. The van der Waals surface area contributed by atoms with Gasteiger partial charge in [-0.15, -0.1) is 0 Å². The van der Waals surface area contributed by atoms with Gasteiger partial charge in [0.05, 0.1) is 24.7 Å². The normalized spacial score (nSPS) is 19.9. The molecule has 1 saturated carbocycles. The minimum Gasteiger partial charge on any atom is -0.496 e. The number of rotatable bonds is 5. The number of ether oxygens (including phenoxy) is 1. The van der Waals surface area contributed by atoms with Crippen molar-refractivity contribution in [3.8, 4) is 11.8 Å². The zero-order chi connectivity index (χ0) is 17.5. The number of methoxy groups -OCH3 is 1.